The molecule has 2 N–H and O–H groups in total. The summed E-state index contributed by atoms with van der Waals surface area (Å²) in [5.41, 5.74) is 0.983. The summed E-state index contributed by atoms with van der Waals surface area (Å²) in [7, 11) is 0. The molecule has 0 aliphatic heterocycles. The lowest BCUT2D eigenvalue weighted by atomic mass is 9.83. The maximum atomic E-state index is 11.6. The van der Waals surface area contributed by atoms with Crippen molar-refractivity contribution in [1.82, 2.24) is 10.2 Å². The number of nitrogens with one attached hydrogen (secondary N) is 1. The molecule has 2 aromatic heterocycles. The fourth-order valence-electron chi connectivity index (χ4n) is 2.80. The molecule has 90 valence electrons. The molecule has 0 aromatic carbocycles. The van der Waals surface area contributed by atoms with E-state index in [4.69, 9.17) is 0 Å². The van der Waals surface area contributed by atoms with Gasteiger partial charge in [-0.1, -0.05) is 12.8 Å². The molecular weight excluding hydrogens is 236 g/mol. The van der Waals surface area contributed by atoms with Crippen molar-refractivity contribution < 1.29 is 9.90 Å². The second kappa shape index (κ2) is 3.57. The summed E-state index contributed by atoms with van der Waals surface area (Å²) in [5, 5.41) is 16.8. The van der Waals surface area contributed by atoms with Gasteiger partial charge in [-0.25, -0.2) is 0 Å². The molecule has 4 nitrogen and oxygen atoms in total. The molecule has 1 saturated carbocycles. The fourth-order valence-corrected chi connectivity index (χ4v) is 3.85. The second-order valence-corrected chi connectivity index (χ2v) is 6.02. The van der Waals surface area contributed by atoms with Gasteiger partial charge in [0.2, 0.25) is 0 Å². The number of fused-ring (bicyclic) bond motifs is 1. The van der Waals surface area contributed by atoms with Gasteiger partial charge in [-0.2, -0.15) is 5.10 Å². The van der Waals surface area contributed by atoms with Crippen LogP contribution in [0.15, 0.2) is 6.07 Å². The van der Waals surface area contributed by atoms with Gasteiger partial charge in [0, 0.05) is 4.88 Å². The minimum absolute atomic E-state index is 0.716. The second-order valence-electron chi connectivity index (χ2n) is 4.76. The van der Waals surface area contributed by atoms with Crippen LogP contribution >= 0.6 is 11.3 Å². The van der Waals surface area contributed by atoms with E-state index in [2.05, 4.69) is 10.2 Å². The van der Waals surface area contributed by atoms with E-state index in [0.29, 0.717) is 0 Å². The van der Waals surface area contributed by atoms with Gasteiger partial charge in [-0.15, -0.1) is 11.3 Å². The lowest BCUT2D eigenvalue weighted by Crippen LogP contribution is -2.33. The molecule has 3 rings (SSSR count). The normalized spacial score (nSPS) is 18.9. The smallest absolute Gasteiger partial charge is 0.315 e. The first-order chi connectivity index (χ1) is 8.13. The molecule has 17 heavy (non-hydrogen) atoms. The zero-order valence-electron chi connectivity index (χ0n) is 9.62. The number of rotatable bonds is 2. The number of aryl methyl sites for hydroxylation is 1. The monoisotopic (exact) mass is 250 g/mol. The zero-order valence-corrected chi connectivity index (χ0v) is 10.4. The highest BCUT2D eigenvalue weighted by Gasteiger charge is 2.45. The number of carbonyl (C=O) groups is 1. The first-order valence-corrected chi connectivity index (χ1v) is 6.63. The molecule has 2 aromatic rings. The Morgan fingerprint density at radius 3 is 2.88 bits per heavy atom. The highest BCUT2D eigenvalue weighted by molar-refractivity contribution is 7.19. The van der Waals surface area contributed by atoms with Crippen LogP contribution in [0.2, 0.25) is 0 Å². The Kier molecular flexibility index (Phi) is 2.26. The quantitative estimate of drug-likeness (QED) is 0.861. The summed E-state index contributed by atoms with van der Waals surface area (Å²) < 4.78 is 1.02. The van der Waals surface area contributed by atoms with Gasteiger partial charge in [-0.05, 0) is 25.8 Å². The van der Waals surface area contributed by atoms with Crippen LogP contribution in [0.4, 0.5) is 0 Å². The molecule has 0 radical (unpaired) electrons. The number of aromatic amines is 1. The number of carboxylic acid groups (broad SMARTS) is 1. The van der Waals surface area contributed by atoms with Crippen LogP contribution in [0.25, 0.3) is 10.2 Å². The van der Waals surface area contributed by atoms with Gasteiger partial charge < -0.3 is 5.11 Å². The third-order valence-corrected chi connectivity index (χ3v) is 4.75. The number of H-pyrrole nitrogens is 1. The van der Waals surface area contributed by atoms with E-state index in [0.717, 1.165) is 41.6 Å². The van der Waals surface area contributed by atoms with E-state index in [-0.39, 0.29) is 0 Å². The molecule has 0 saturated heterocycles. The van der Waals surface area contributed by atoms with Crippen molar-refractivity contribution in [2.75, 3.05) is 0 Å². The van der Waals surface area contributed by atoms with Crippen LogP contribution in [0.3, 0.4) is 0 Å². The summed E-state index contributed by atoms with van der Waals surface area (Å²) in [4.78, 5) is 12.8. The molecule has 5 heteroatoms. The Morgan fingerprint density at radius 1 is 1.53 bits per heavy atom. The van der Waals surface area contributed by atoms with E-state index < -0.39 is 11.4 Å². The third-order valence-electron chi connectivity index (χ3n) is 3.70. The highest BCUT2D eigenvalue weighted by atomic mass is 32.1. The Hall–Kier alpha value is -1.36. The average molecular weight is 250 g/mol. The maximum absolute atomic E-state index is 11.6. The summed E-state index contributed by atoms with van der Waals surface area (Å²) in [6.45, 7) is 2.03. The lowest BCUT2D eigenvalue weighted by Gasteiger charge is -2.21. The van der Waals surface area contributed by atoms with Crippen LogP contribution in [-0.2, 0) is 10.2 Å². The number of carboxylic acids is 1. The van der Waals surface area contributed by atoms with E-state index in [9.17, 15) is 9.90 Å². The van der Waals surface area contributed by atoms with Crippen molar-refractivity contribution in [2.45, 2.75) is 38.0 Å². The average Bonchev–Trinajstić information content (AvgIpc) is 2.91. The van der Waals surface area contributed by atoms with E-state index in [1.165, 1.54) is 4.88 Å². The highest BCUT2D eigenvalue weighted by Crippen LogP contribution is 2.44. The van der Waals surface area contributed by atoms with Crippen LogP contribution in [0.1, 0.15) is 36.3 Å². The zero-order chi connectivity index (χ0) is 12.0. The molecule has 2 heterocycles. The lowest BCUT2D eigenvalue weighted by molar-refractivity contribution is -0.143. The van der Waals surface area contributed by atoms with E-state index >= 15 is 0 Å². The van der Waals surface area contributed by atoms with Crippen LogP contribution in [-0.4, -0.2) is 21.3 Å². The molecule has 0 bridgehead atoms. The maximum Gasteiger partial charge on any atom is 0.315 e. The van der Waals surface area contributed by atoms with Crippen LogP contribution < -0.4 is 0 Å². The minimum atomic E-state index is -0.730. The minimum Gasteiger partial charge on any atom is -0.481 e. The molecule has 1 aliphatic carbocycles. The fraction of sp³-hybridized carbons (Fsp3) is 0.500. The molecule has 1 fully saturated rings. The van der Waals surface area contributed by atoms with Gasteiger partial charge in [0.1, 0.15) is 10.9 Å². The number of hydrogen-bond donors (Lipinski definition) is 2. The molecule has 0 amide bonds. The number of hydrogen-bond acceptors (Lipinski definition) is 3. The van der Waals surface area contributed by atoms with Gasteiger partial charge in [0.05, 0.1) is 10.4 Å². The molecular formula is C12H14N2O2S. The van der Waals surface area contributed by atoms with Crippen LogP contribution in [0, 0.1) is 6.92 Å². The number of nitrogens with zero attached hydrogens (tertiary/aromatic N) is 1. The predicted octanol–water partition coefficient (Wildman–Crippen LogP) is 2.83. The summed E-state index contributed by atoms with van der Waals surface area (Å²) >= 11 is 1.63. The predicted molar refractivity (Wildman–Crippen MR) is 66.5 cm³/mol. The van der Waals surface area contributed by atoms with Crippen LogP contribution in [0.5, 0.6) is 0 Å². The van der Waals surface area contributed by atoms with Crippen molar-refractivity contribution in [1.29, 1.82) is 0 Å². The molecule has 1 aliphatic rings. The van der Waals surface area contributed by atoms with Crippen molar-refractivity contribution in [3.63, 3.8) is 0 Å². The molecule has 0 spiro atoms. The van der Waals surface area contributed by atoms with Gasteiger partial charge in [0.15, 0.2) is 0 Å². The molecule has 0 unspecified atom stereocenters. The number of thiophene rings is 1. The Bertz CT molecular complexity index is 578. The Labute approximate surface area is 103 Å². The van der Waals surface area contributed by atoms with Crippen molar-refractivity contribution in [2.24, 2.45) is 0 Å². The van der Waals surface area contributed by atoms with Crippen molar-refractivity contribution in [3.8, 4) is 0 Å². The van der Waals surface area contributed by atoms with Crippen molar-refractivity contribution in [3.05, 3.63) is 16.6 Å². The number of aromatic nitrogens is 2. The summed E-state index contributed by atoms with van der Waals surface area (Å²) in [6.07, 6.45) is 3.40. The molecule has 0 atom stereocenters. The standard InChI is InChI=1S/C12H14N2O2S/c1-7-6-8-9(17-7)10(14-13-8)12(11(15)16)4-2-3-5-12/h6H,2-5H2,1H3,(H,13,14)(H,15,16). The Morgan fingerprint density at radius 2 is 2.24 bits per heavy atom. The summed E-state index contributed by atoms with van der Waals surface area (Å²) in [6, 6.07) is 2.00. The topological polar surface area (TPSA) is 66.0 Å². The number of aliphatic carboxylic acids is 1. The SMILES string of the molecule is Cc1cc2n[nH]c(C3(C(=O)O)CCCC3)c2s1. The van der Waals surface area contributed by atoms with Gasteiger partial charge in [-0.3, -0.25) is 9.89 Å². The Balaban J connectivity index is 2.21. The largest absolute Gasteiger partial charge is 0.481 e. The van der Waals surface area contributed by atoms with E-state index in [1.54, 1.807) is 11.3 Å². The summed E-state index contributed by atoms with van der Waals surface area (Å²) in [5.74, 6) is -0.716. The van der Waals surface area contributed by atoms with E-state index in [1.807, 2.05) is 13.0 Å². The van der Waals surface area contributed by atoms with Gasteiger partial charge >= 0.3 is 5.97 Å². The first kappa shape index (κ1) is 10.8. The first-order valence-electron chi connectivity index (χ1n) is 5.82. The van der Waals surface area contributed by atoms with Gasteiger partial charge in [0.25, 0.3) is 0 Å². The third kappa shape index (κ3) is 1.42. The van der Waals surface area contributed by atoms with Crippen molar-refractivity contribution >= 4 is 27.5 Å².